The summed E-state index contributed by atoms with van der Waals surface area (Å²) in [6.45, 7) is 3.97. The first-order valence-electron chi connectivity index (χ1n) is 11.8. The molecule has 3 aromatic rings. The molecule has 0 saturated carbocycles. The van der Waals surface area contributed by atoms with Crippen molar-refractivity contribution in [2.24, 2.45) is 0 Å². The van der Waals surface area contributed by atoms with Crippen LogP contribution in [0.4, 0.5) is 0 Å². The maximum absolute atomic E-state index is 8.23. The highest BCUT2D eigenvalue weighted by Crippen LogP contribution is 2.21. The van der Waals surface area contributed by atoms with Crippen molar-refractivity contribution in [1.82, 2.24) is 19.2 Å². The van der Waals surface area contributed by atoms with E-state index < -0.39 is 0 Å². The minimum Gasteiger partial charge on any atom is -0.357 e. The van der Waals surface area contributed by atoms with Gasteiger partial charge >= 0.3 is 0 Å². The van der Waals surface area contributed by atoms with E-state index in [1.165, 1.54) is 25.7 Å². The number of hydrogen-bond donors (Lipinski definition) is 2. The Hall–Kier alpha value is -2.80. The van der Waals surface area contributed by atoms with Crippen LogP contribution in [0.1, 0.15) is 36.8 Å². The Morgan fingerprint density at radius 2 is 1.17 bits per heavy atom. The van der Waals surface area contributed by atoms with Crippen molar-refractivity contribution in [3.63, 3.8) is 0 Å². The second-order valence-electron chi connectivity index (χ2n) is 8.80. The zero-order valence-corrected chi connectivity index (χ0v) is 22.5. The van der Waals surface area contributed by atoms with E-state index in [0.717, 1.165) is 54.2 Å². The number of nitrogens with zero attached hydrogens (tertiary/aromatic N) is 4. The van der Waals surface area contributed by atoms with Gasteiger partial charge in [-0.25, -0.2) is 4.98 Å². The van der Waals surface area contributed by atoms with E-state index in [1.54, 1.807) is 0 Å². The predicted octanol–water partition coefficient (Wildman–Crippen LogP) is 6.44. The lowest BCUT2D eigenvalue weighted by Crippen LogP contribution is -2.24. The SMILES string of the molecule is Cl.Cl.Cl.N=C(/C=C/c1ccc(-c2cn3cc(/C=C/C(=N)N4CCCC4)ccc3n2)cc1)N1CCCC1. The number of nitrogens with one attached hydrogen (secondary N) is 2. The molecule has 0 atom stereocenters. The van der Waals surface area contributed by atoms with E-state index in [4.69, 9.17) is 15.8 Å². The van der Waals surface area contributed by atoms with Gasteiger partial charge in [-0.15, -0.1) is 37.2 Å². The molecule has 0 bridgehead atoms. The lowest BCUT2D eigenvalue weighted by molar-refractivity contribution is 0.519. The van der Waals surface area contributed by atoms with E-state index in [-0.39, 0.29) is 37.2 Å². The number of pyridine rings is 1. The van der Waals surface area contributed by atoms with Gasteiger partial charge in [-0.05, 0) is 67.2 Å². The highest BCUT2D eigenvalue weighted by atomic mass is 35.5. The average molecular weight is 548 g/mol. The van der Waals surface area contributed by atoms with Crippen molar-refractivity contribution in [2.45, 2.75) is 25.7 Å². The molecule has 2 fully saturated rings. The van der Waals surface area contributed by atoms with Crippen LogP contribution in [-0.4, -0.2) is 57.0 Å². The highest BCUT2D eigenvalue weighted by Gasteiger charge is 2.13. The van der Waals surface area contributed by atoms with Gasteiger partial charge in [0.25, 0.3) is 0 Å². The summed E-state index contributed by atoms with van der Waals surface area (Å²) in [6.07, 6.45) is 16.6. The summed E-state index contributed by atoms with van der Waals surface area (Å²) < 4.78 is 2.04. The number of imidazole rings is 1. The topological polar surface area (TPSA) is 71.5 Å². The summed E-state index contributed by atoms with van der Waals surface area (Å²) in [5, 5.41) is 16.4. The molecule has 2 saturated heterocycles. The number of aromatic nitrogens is 2. The molecule has 0 radical (unpaired) electrons. The van der Waals surface area contributed by atoms with Crippen LogP contribution >= 0.6 is 37.2 Å². The number of fused-ring (bicyclic) bond motifs is 1. The third-order valence-corrected chi connectivity index (χ3v) is 6.44. The van der Waals surface area contributed by atoms with Crippen LogP contribution in [0.15, 0.2) is 60.9 Å². The summed E-state index contributed by atoms with van der Waals surface area (Å²) in [6, 6.07) is 12.4. The van der Waals surface area contributed by atoms with Gasteiger partial charge in [0.2, 0.25) is 0 Å². The molecule has 0 unspecified atom stereocenters. The lowest BCUT2D eigenvalue weighted by Gasteiger charge is -2.14. The Kier molecular flexibility index (Phi) is 11.0. The summed E-state index contributed by atoms with van der Waals surface area (Å²) in [4.78, 5) is 9.02. The molecule has 0 amide bonds. The van der Waals surface area contributed by atoms with Crippen molar-refractivity contribution in [1.29, 1.82) is 10.8 Å². The largest absolute Gasteiger partial charge is 0.357 e. The molecule has 2 aliphatic heterocycles. The van der Waals surface area contributed by atoms with Gasteiger partial charge in [0.05, 0.1) is 5.69 Å². The third-order valence-electron chi connectivity index (χ3n) is 6.44. The van der Waals surface area contributed by atoms with Crippen LogP contribution in [0.2, 0.25) is 0 Å². The fourth-order valence-electron chi connectivity index (χ4n) is 4.49. The van der Waals surface area contributed by atoms with Gasteiger partial charge in [-0.3, -0.25) is 10.8 Å². The number of likely N-dealkylation sites (tertiary alicyclic amines) is 2. The Morgan fingerprint density at radius 3 is 1.72 bits per heavy atom. The van der Waals surface area contributed by atoms with Gasteiger partial charge in [0.1, 0.15) is 17.3 Å². The zero-order chi connectivity index (χ0) is 22.6. The first-order valence-corrected chi connectivity index (χ1v) is 11.8. The molecule has 2 N–H and O–H groups in total. The Labute approximate surface area is 231 Å². The van der Waals surface area contributed by atoms with Crippen molar-refractivity contribution in [2.75, 3.05) is 26.2 Å². The van der Waals surface area contributed by atoms with E-state index in [0.29, 0.717) is 11.7 Å². The van der Waals surface area contributed by atoms with Gasteiger partial charge in [-0.2, -0.15) is 0 Å². The molecule has 0 aliphatic carbocycles. The van der Waals surface area contributed by atoms with Crippen molar-refractivity contribution in [3.05, 3.63) is 72.1 Å². The Bertz CT molecular complexity index is 1220. The summed E-state index contributed by atoms with van der Waals surface area (Å²) >= 11 is 0. The second kappa shape index (κ2) is 13.5. The van der Waals surface area contributed by atoms with Gasteiger partial charge in [-0.1, -0.05) is 30.3 Å². The maximum atomic E-state index is 8.23. The molecular weight excluding hydrogens is 515 g/mol. The van der Waals surface area contributed by atoms with Crippen LogP contribution in [0, 0.1) is 10.8 Å². The molecule has 1 aromatic carbocycles. The molecular formula is C27H33Cl3N6. The van der Waals surface area contributed by atoms with E-state index >= 15 is 0 Å². The molecule has 6 nitrogen and oxygen atoms in total. The summed E-state index contributed by atoms with van der Waals surface area (Å²) in [5.74, 6) is 1.18. The van der Waals surface area contributed by atoms with Crippen molar-refractivity contribution >= 4 is 66.7 Å². The normalized spacial score (nSPS) is 15.2. The van der Waals surface area contributed by atoms with Crippen LogP contribution < -0.4 is 0 Å². The minimum atomic E-state index is 0. The molecule has 36 heavy (non-hydrogen) atoms. The van der Waals surface area contributed by atoms with Crippen LogP contribution in [0.25, 0.3) is 29.1 Å². The monoisotopic (exact) mass is 546 g/mol. The molecule has 2 aromatic heterocycles. The Balaban J connectivity index is 0.00000152. The fraction of sp³-hybridized carbons (Fsp3) is 0.296. The molecule has 5 rings (SSSR count). The van der Waals surface area contributed by atoms with Gasteiger partial charge < -0.3 is 14.2 Å². The van der Waals surface area contributed by atoms with Gasteiger partial charge in [0, 0.05) is 44.1 Å². The highest BCUT2D eigenvalue weighted by molar-refractivity contribution is 5.94. The quantitative estimate of drug-likeness (QED) is 0.285. The molecule has 192 valence electrons. The predicted molar refractivity (Wildman–Crippen MR) is 158 cm³/mol. The van der Waals surface area contributed by atoms with Crippen LogP contribution in [0.3, 0.4) is 0 Å². The van der Waals surface area contributed by atoms with E-state index in [2.05, 4.69) is 40.3 Å². The number of benzene rings is 1. The number of halogens is 3. The molecule has 0 spiro atoms. The second-order valence-corrected chi connectivity index (χ2v) is 8.80. The maximum Gasteiger partial charge on any atom is 0.137 e. The Morgan fingerprint density at radius 1 is 0.667 bits per heavy atom. The smallest absolute Gasteiger partial charge is 0.137 e. The fourth-order valence-corrected chi connectivity index (χ4v) is 4.49. The average Bonchev–Trinajstić information content (AvgIpc) is 3.62. The van der Waals surface area contributed by atoms with E-state index in [1.807, 2.05) is 47.0 Å². The molecule has 9 heteroatoms. The zero-order valence-electron chi connectivity index (χ0n) is 20.1. The van der Waals surface area contributed by atoms with Crippen molar-refractivity contribution in [3.8, 4) is 11.3 Å². The number of amidine groups is 2. The number of rotatable bonds is 5. The lowest BCUT2D eigenvalue weighted by atomic mass is 10.1. The van der Waals surface area contributed by atoms with Crippen LogP contribution in [-0.2, 0) is 0 Å². The minimum absolute atomic E-state index is 0. The standard InChI is InChI=1S/C27H30N6.3ClH/c28-25(31-15-1-2-16-31)12-7-21-5-10-23(11-6-21)24-20-33-19-22(9-14-27(33)30-24)8-13-26(29)32-17-3-4-18-32;;;/h5-14,19-20,28-29H,1-4,15-18H2;3*1H/b12-7+,13-8+,28-25?,29-26?;;;. The summed E-state index contributed by atoms with van der Waals surface area (Å²) in [5.41, 5.74) is 5.04. The summed E-state index contributed by atoms with van der Waals surface area (Å²) in [7, 11) is 0. The molecule has 4 heterocycles. The van der Waals surface area contributed by atoms with Gasteiger partial charge in [0.15, 0.2) is 0 Å². The van der Waals surface area contributed by atoms with E-state index in [9.17, 15) is 0 Å². The van der Waals surface area contributed by atoms with Crippen molar-refractivity contribution < 1.29 is 0 Å². The first kappa shape index (κ1) is 29.4. The van der Waals surface area contributed by atoms with Crippen LogP contribution in [0.5, 0.6) is 0 Å². The molecule has 2 aliphatic rings. The third kappa shape index (κ3) is 6.90. The number of hydrogen-bond acceptors (Lipinski definition) is 3. The first-order chi connectivity index (χ1) is 16.2.